The van der Waals surface area contributed by atoms with Crippen LogP contribution in [0.4, 0.5) is 0 Å². The van der Waals surface area contributed by atoms with Gasteiger partial charge in [-0.1, -0.05) is 17.3 Å². The third-order valence-electron chi connectivity index (χ3n) is 2.72. The highest BCUT2D eigenvalue weighted by Crippen LogP contribution is 2.27. The first-order valence-electron chi connectivity index (χ1n) is 6.12. The average molecular weight is 276 g/mol. The molecule has 2 aromatic rings. The first-order chi connectivity index (χ1) is 9.65. The zero-order valence-electron chi connectivity index (χ0n) is 11.3. The minimum atomic E-state index is -0.401. The molecule has 7 nitrogen and oxygen atoms in total. The highest BCUT2D eigenvalue weighted by atomic mass is 16.5. The molecule has 1 aromatic carbocycles. The van der Waals surface area contributed by atoms with Gasteiger partial charge in [0.2, 0.25) is 17.6 Å². The van der Waals surface area contributed by atoms with Crippen molar-refractivity contribution >= 4 is 5.91 Å². The van der Waals surface area contributed by atoms with Gasteiger partial charge in [-0.05, 0) is 19.1 Å². The van der Waals surface area contributed by atoms with Crippen molar-refractivity contribution in [2.75, 3.05) is 13.7 Å². The van der Waals surface area contributed by atoms with Crippen LogP contribution >= 0.6 is 0 Å². The number of benzene rings is 1. The molecule has 20 heavy (non-hydrogen) atoms. The summed E-state index contributed by atoms with van der Waals surface area (Å²) < 4.78 is 10.4. The molecule has 0 aliphatic rings. The Labute approximate surface area is 116 Å². The number of aromatic nitrogens is 2. The second-order valence-electron chi connectivity index (χ2n) is 4.15. The fourth-order valence-corrected chi connectivity index (χ4v) is 1.71. The molecule has 0 saturated heterocycles. The van der Waals surface area contributed by atoms with Crippen molar-refractivity contribution in [2.24, 2.45) is 5.73 Å². The van der Waals surface area contributed by atoms with Crippen molar-refractivity contribution in [1.82, 2.24) is 15.5 Å². The summed E-state index contributed by atoms with van der Waals surface area (Å²) in [5, 5.41) is 6.55. The van der Waals surface area contributed by atoms with Crippen LogP contribution in [-0.4, -0.2) is 29.7 Å². The maximum atomic E-state index is 11.2. The number of para-hydroxylation sites is 1. The van der Waals surface area contributed by atoms with Crippen LogP contribution in [0.1, 0.15) is 18.9 Å². The lowest BCUT2D eigenvalue weighted by Gasteiger charge is -2.07. The smallest absolute Gasteiger partial charge is 0.249 e. The fraction of sp³-hybridized carbons (Fsp3) is 0.308. The van der Waals surface area contributed by atoms with Crippen LogP contribution in [0.25, 0.3) is 11.4 Å². The van der Waals surface area contributed by atoms with E-state index in [9.17, 15) is 4.79 Å². The summed E-state index contributed by atoms with van der Waals surface area (Å²) in [6.07, 6.45) is 0. The quantitative estimate of drug-likeness (QED) is 0.840. The molecule has 1 aromatic heterocycles. The van der Waals surface area contributed by atoms with Gasteiger partial charge < -0.3 is 20.3 Å². The van der Waals surface area contributed by atoms with Crippen LogP contribution in [0.2, 0.25) is 0 Å². The lowest BCUT2D eigenvalue weighted by molar-refractivity contribution is -0.120. The molecular weight excluding hydrogens is 260 g/mol. The molecule has 2 rings (SSSR count). The number of hydrogen-bond acceptors (Lipinski definition) is 6. The van der Waals surface area contributed by atoms with Crippen molar-refractivity contribution in [1.29, 1.82) is 0 Å². The summed E-state index contributed by atoms with van der Waals surface area (Å²) in [5.74, 6) is 1.09. The van der Waals surface area contributed by atoms with E-state index in [0.29, 0.717) is 17.5 Å². The number of carbonyl (C=O) groups is 1. The number of amides is 1. The topological polar surface area (TPSA) is 103 Å². The SMILES string of the molecule is COc1ccccc1-c1noc(C(C)NC(=O)CN)n1. The molecule has 0 bridgehead atoms. The van der Waals surface area contributed by atoms with Crippen LogP contribution in [0, 0.1) is 0 Å². The Morgan fingerprint density at radius 3 is 2.95 bits per heavy atom. The monoisotopic (exact) mass is 276 g/mol. The Morgan fingerprint density at radius 2 is 2.25 bits per heavy atom. The maximum Gasteiger partial charge on any atom is 0.249 e. The van der Waals surface area contributed by atoms with Gasteiger partial charge >= 0.3 is 0 Å². The zero-order valence-corrected chi connectivity index (χ0v) is 11.3. The van der Waals surface area contributed by atoms with Crippen molar-refractivity contribution in [2.45, 2.75) is 13.0 Å². The van der Waals surface area contributed by atoms with Crippen LogP contribution in [0.15, 0.2) is 28.8 Å². The molecule has 1 amide bonds. The van der Waals surface area contributed by atoms with E-state index in [1.807, 2.05) is 24.3 Å². The summed E-state index contributed by atoms with van der Waals surface area (Å²) in [7, 11) is 1.57. The van der Waals surface area contributed by atoms with E-state index in [1.165, 1.54) is 0 Å². The molecule has 7 heteroatoms. The first kappa shape index (κ1) is 14.0. The van der Waals surface area contributed by atoms with Gasteiger partial charge in [-0.3, -0.25) is 4.79 Å². The van der Waals surface area contributed by atoms with Gasteiger partial charge in [0, 0.05) is 0 Å². The minimum Gasteiger partial charge on any atom is -0.496 e. The van der Waals surface area contributed by atoms with Gasteiger partial charge in [0.15, 0.2) is 0 Å². The number of rotatable bonds is 5. The third-order valence-corrected chi connectivity index (χ3v) is 2.72. The standard InChI is InChI=1S/C13H16N4O3/c1-8(15-11(18)7-14)13-16-12(17-20-13)9-5-3-4-6-10(9)19-2/h3-6,8H,7,14H2,1-2H3,(H,15,18). The summed E-state index contributed by atoms with van der Waals surface area (Å²) in [5.41, 5.74) is 5.96. The van der Waals surface area contributed by atoms with E-state index >= 15 is 0 Å². The number of nitrogens with zero attached hydrogens (tertiary/aromatic N) is 2. The first-order valence-corrected chi connectivity index (χ1v) is 6.12. The van der Waals surface area contributed by atoms with Gasteiger partial charge in [0.05, 0.1) is 19.2 Å². The van der Waals surface area contributed by atoms with E-state index in [4.69, 9.17) is 15.0 Å². The predicted molar refractivity (Wildman–Crippen MR) is 71.9 cm³/mol. The van der Waals surface area contributed by atoms with Crippen LogP contribution in [0.3, 0.4) is 0 Å². The number of methoxy groups -OCH3 is 1. The summed E-state index contributed by atoms with van der Waals surface area (Å²) in [6, 6.07) is 6.95. The molecule has 0 aliphatic carbocycles. The lowest BCUT2D eigenvalue weighted by Crippen LogP contribution is -2.32. The Morgan fingerprint density at radius 1 is 1.50 bits per heavy atom. The number of ether oxygens (including phenoxy) is 1. The predicted octanol–water partition coefficient (Wildman–Crippen LogP) is 0.881. The van der Waals surface area contributed by atoms with E-state index in [1.54, 1.807) is 14.0 Å². The molecule has 1 heterocycles. The van der Waals surface area contributed by atoms with E-state index in [2.05, 4.69) is 15.5 Å². The Hall–Kier alpha value is -2.41. The van der Waals surface area contributed by atoms with E-state index < -0.39 is 6.04 Å². The average Bonchev–Trinajstić information content (AvgIpc) is 2.96. The molecule has 0 fully saturated rings. The second-order valence-corrected chi connectivity index (χ2v) is 4.15. The van der Waals surface area contributed by atoms with E-state index in [-0.39, 0.29) is 12.5 Å². The lowest BCUT2D eigenvalue weighted by atomic mass is 10.2. The zero-order chi connectivity index (χ0) is 14.5. The molecule has 106 valence electrons. The number of nitrogens with two attached hydrogens (primary N) is 1. The highest BCUT2D eigenvalue weighted by Gasteiger charge is 2.18. The molecule has 0 saturated carbocycles. The summed E-state index contributed by atoms with van der Waals surface area (Å²) >= 11 is 0. The third kappa shape index (κ3) is 2.94. The molecule has 3 N–H and O–H groups in total. The molecule has 0 radical (unpaired) electrons. The number of carbonyl (C=O) groups excluding carboxylic acids is 1. The van der Waals surface area contributed by atoms with Gasteiger partial charge in [-0.15, -0.1) is 0 Å². The van der Waals surface area contributed by atoms with Crippen molar-refractivity contribution in [3.63, 3.8) is 0 Å². The second kappa shape index (κ2) is 6.16. The van der Waals surface area contributed by atoms with Crippen molar-refractivity contribution in [3.05, 3.63) is 30.2 Å². The Kier molecular flexibility index (Phi) is 4.31. The normalized spacial score (nSPS) is 11.9. The molecule has 0 spiro atoms. The van der Waals surface area contributed by atoms with Crippen molar-refractivity contribution in [3.8, 4) is 17.1 Å². The fourth-order valence-electron chi connectivity index (χ4n) is 1.71. The van der Waals surface area contributed by atoms with Gasteiger partial charge in [-0.25, -0.2) is 0 Å². The van der Waals surface area contributed by atoms with Gasteiger partial charge in [-0.2, -0.15) is 4.98 Å². The van der Waals surface area contributed by atoms with Crippen LogP contribution in [-0.2, 0) is 4.79 Å². The van der Waals surface area contributed by atoms with Crippen molar-refractivity contribution < 1.29 is 14.1 Å². The minimum absolute atomic E-state index is 0.0855. The maximum absolute atomic E-state index is 11.2. The molecule has 1 unspecified atom stereocenters. The summed E-state index contributed by atoms with van der Waals surface area (Å²) in [4.78, 5) is 15.5. The number of nitrogens with one attached hydrogen (secondary N) is 1. The van der Waals surface area contributed by atoms with Gasteiger partial charge in [0.25, 0.3) is 0 Å². The molecular formula is C13H16N4O3. The van der Waals surface area contributed by atoms with E-state index in [0.717, 1.165) is 5.56 Å². The largest absolute Gasteiger partial charge is 0.496 e. The van der Waals surface area contributed by atoms with Crippen LogP contribution < -0.4 is 15.8 Å². The molecule has 0 aliphatic heterocycles. The Balaban J connectivity index is 2.22. The van der Waals surface area contributed by atoms with Gasteiger partial charge in [0.1, 0.15) is 11.8 Å². The Bertz CT molecular complexity index is 597. The summed E-state index contributed by atoms with van der Waals surface area (Å²) in [6.45, 7) is 1.66. The number of hydrogen-bond donors (Lipinski definition) is 2. The molecule has 1 atom stereocenters. The highest BCUT2D eigenvalue weighted by molar-refractivity contribution is 5.78. The van der Waals surface area contributed by atoms with Crippen LogP contribution in [0.5, 0.6) is 5.75 Å².